The van der Waals surface area contributed by atoms with Gasteiger partial charge in [-0.05, 0) is 43.1 Å². The Morgan fingerprint density at radius 3 is 2.81 bits per heavy atom. The molecule has 2 atom stereocenters. The van der Waals surface area contributed by atoms with Gasteiger partial charge in [-0.25, -0.2) is 0 Å². The molecule has 0 heterocycles. The van der Waals surface area contributed by atoms with Crippen LogP contribution < -0.4 is 10.7 Å². The monoisotopic (exact) mass is 307 g/mol. The maximum absolute atomic E-state index is 9.62. The summed E-state index contributed by atoms with van der Waals surface area (Å²) < 4.78 is 0. The second-order valence-electron chi connectivity index (χ2n) is 5.45. The fourth-order valence-corrected chi connectivity index (χ4v) is 2.74. The lowest BCUT2D eigenvalue weighted by Gasteiger charge is -2.30. The highest BCUT2D eigenvalue weighted by Crippen LogP contribution is 2.23. The number of phenols is 2. The summed E-state index contributed by atoms with van der Waals surface area (Å²) in [6.07, 6.45) is 6.34. The van der Waals surface area contributed by atoms with Gasteiger partial charge in [0, 0.05) is 17.7 Å². The molecule has 1 aliphatic rings. The van der Waals surface area contributed by atoms with E-state index in [1.54, 1.807) is 6.07 Å². The smallest absolute Gasteiger partial charge is 0.187 e. The van der Waals surface area contributed by atoms with Crippen molar-refractivity contribution in [3.05, 3.63) is 23.8 Å². The molecule has 1 saturated carbocycles. The van der Waals surface area contributed by atoms with E-state index >= 15 is 0 Å². The highest BCUT2D eigenvalue weighted by molar-refractivity contribution is 7.80. The topological polar surface area (TPSA) is 76.9 Å². The van der Waals surface area contributed by atoms with Gasteiger partial charge in [-0.3, -0.25) is 5.43 Å². The molecule has 2 rings (SSSR count). The number of thiocarbonyl (C=S) groups is 1. The van der Waals surface area contributed by atoms with E-state index in [4.69, 9.17) is 12.2 Å². The van der Waals surface area contributed by atoms with Gasteiger partial charge in [0.1, 0.15) is 11.5 Å². The van der Waals surface area contributed by atoms with Gasteiger partial charge in [-0.15, -0.1) is 0 Å². The van der Waals surface area contributed by atoms with E-state index in [1.807, 2.05) is 0 Å². The van der Waals surface area contributed by atoms with Crippen LogP contribution in [0.5, 0.6) is 11.5 Å². The average molecular weight is 307 g/mol. The minimum atomic E-state index is -0.0275. The second-order valence-corrected chi connectivity index (χ2v) is 5.86. The predicted octanol–water partition coefficient (Wildman–Crippen LogP) is 2.47. The summed E-state index contributed by atoms with van der Waals surface area (Å²) in [4.78, 5) is 0. The molecule has 6 heteroatoms. The normalized spacial score (nSPS) is 22.1. The van der Waals surface area contributed by atoms with E-state index in [1.165, 1.54) is 37.6 Å². The van der Waals surface area contributed by atoms with E-state index in [9.17, 15) is 10.2 Å². The van der Waals surface area contributed by atoms with Crippen molar-refractivity contribution < 1.29 is 10.2 Å². The van der Waals surface area contributed by atoms with Crippen molar-refractivity contribution in [2.24, 2.45) is 11.0 Å². The first-order valence-corrected chi connectivity index (χ1v) is 7.58. The van der Waals surface area contributed by atoms with Gasteiger partial charge in [0.2, 0.25) is 0 Å². The minimum Gasteiger partial charge on any atom is -0.508 e. The molecule has 0 spiro atoms. The molecule has 1 aliphatic carbocycles. The van der Waals surface area contributed by atoms with E-state index in [0.717, 1.165) is 6.42 Å². The van der Waals surface area contributed by atoms with Crippen LogP contribution in [0.4, 0.5) is 0 Å². The summed E-state index contributed by atoms with van der Waals surface area (Å²) in [5.74, 6) is 0.602. The third-order valence-corrected chi connectivity index (χ3v) is 4.02. The molecule has 0 amide bonds. The highest BCUT2D eigenvalue weighted by Gasteiger charge is 2.21. The number of nitrogens with one attached hydrogen (secondary N) is 2. The first-order valence-electron chi connectivity index (χ1n) is 7.18. The molecular weight excluding hydrogens is 286 g/mol. The van der Waals surface area contributed by atoms with Gasteiger partial charge in [-0.2, -0.15) is 5.10 Å². The number of benzene rings is 1. The first-order chi connectivity index (χ1) is 10.1. The van der Waals surface area contributed by atoms with E-state index in [2.05, 4.69) is 22.8 Å². The molecule has 1 aromatic carbocycles. The number of rotatable bonds is 3. The van der Waals surface area contributed by atoms with Crippen LogP contribution in [0.25, 0.3) is 0 Å². The molecule has 0 unspecified atom stereocenters. The Morgan fingerprint density at radius 2 is 2.10 bits per heavy atom. The summed E-state index contributed by atoms with van der Waals surface area (Å²) >= 11 is 5.22. The molecule has 0 saturated heterocycles. The van der Waals surface area contributed by atoms with Gasteiger partial charge < -0.3 is 15.5 Å². The first kappa shape index (κ1) is 15.6. The Labute approximate surface area is 130 Å². The molecule has 21 heavy (non-hydrogen) atoms. The van der Waals surface area contributed by atoms with Gasteiger partial charge in [-0.1, -0.05) is 19.8 Å². The third-order valence-electron chi connectivity index (χ3n) is 3.81. The summed E-state index contributed by atoms with van der Waals surface area (Å²) in [6, 6.07) is 4.73. The van der Waals surface area contributed by atoms with Crippen molar-refractivity contribution in [2.75, 3.05) is 0 Å². The van der Waals surface area contributed by atoms with E-state index in [-0.39, 0.29) is 11.5 Å². The Morgan fingerprint density at radius 1 is 1.33 bits per heavy atom. The van der Waals surface area contributed by atoms with Crippen molar-refractivity contribution in [3.8, 4) is 11.5 Å². The number of hydrazone groups is 1. The van der Waals surface area contributed by atoms with Gasteiger partial charge >= 0.3 is 0 Å². The van der Waals surface area contributed by atoms with Gasteiger partial charge in [0.05, 0.1) is 6.21 Å². The second kappa shape index (κ2) is 7.26. The quantitative estimate of drug-likeness (QED) is 0.392. The molecule has 114 valence electrons. The molecule has 0 bridgehead atoms. The Bertz CT molecular complexity index is 534. The zero-order valence-electron chi connectivity index (χ0n) is 12.0. The van der Waals surface area contributed by atoms with Crippen LogP contribution in [0.15, 0.2) is 23.3 Å². The molecule has 1 fully saturated rings. The molecule has 0 radical (unpaired) electrons. The summed E-state index contributed by atoms with van der Waals surface area (Å²) in [6.45, 7) is 2.23. The van der Waals surface area contributed by atoms with Crippen LogP contribution in [-0.2, 0) is 0 Å². The SMILES string of the molecule is C[C@@H]1CCCC[C@H]1NC(=S)N/N=C/c1ccc(O)cc1O. The standard InChI is InChI=1S/C15H21N3O2S/c1-10-4-2-3-5-13(10)17-15(21)18-16-9-11-6-7-12(19)8-14(11)20/h6-10,13,19-20H,2-5H2,1H3,(H2,17,18,21)/b16-9+/t10-,13-/m1/s1. The number of phenolic OH excluding ortho intramolecular Hbond substituents is 2. The lowest BCUT2D eigenvalue weighted by atomic mass is 9.86. The van der Waals surface area contributed by atoms with Gasteiger partial charge in [0.25, 0.3) is 0 Å². The zero-order valence-corrected chi connectivity index (χ0v) is 12.9. The highest BCUT2D eigenvalue weighted by atomic mass is 32.1. The molecule has 0 aromatic heterocycles. The fourth-order valence-electron chi connectivity index (χ4n) is 2.53. The lowest BCUT2D eigenvalue weighted by Crippen LogP contribution is -2.44. The maximum Gasteiger partial charge on any atom is 0.187 e. The molecule has 1 aromatic rings. The van der Waals surface area contributed by atoms with Crippen molar-refractivity contribution in [1.29, 1.82) is 0 Å². The predicted molar refractivity (Wildman–Crippen MR) is 87.7 cm³/mol. The summed E-state index contributed by atoms with van der Waals surface area (Å²) in [5.41, 5.74) is 3.27. The average Bonchev–Trinajstić information content (AvgIpc) is 2.44. The van der Waals surface area contributed by atoms with Crippen LogP contribution in [0.1, 0.15) is 38.2 Å². The van der Waals surface area contributed by atoms with Crippen molar-refractivity contribution in [2.45, 2.75) is 38.6 Å². The summed E-state index contributed by atoms with van der Waals surface area (Å²) in [7, 11) is 0. The zero-order chi connectivity index (χ0) is 15.2. The van der Waals surface area contributed by atoms with Crippen LogP contribution in [0, 0.1) is 5.92 Å². The molecule has 4 N–H and O–H groups in total. The largest absolute Gasteiger partial charge is 0.508 e. The van der Waals surface area contributed by atoms with Crippen LogP contribution in [0.3, 0.4) is 0 Å². The molecule has 5 nitrogen and oxygen atoms in total. The lowest BCUT2D eigenvalue weighted by molar-refractivity contribution is 0.308. The summed E-state index contributed by atoms with van der Waals surface area (Å²) in [5, 5.41) is 26.6. The van der Waals surface area contributed by atoms with Crippen molar-refractivity contribution in [1.82, 2.24) is 10.7 Å². The Kier molecular flexibility index (Phi) is 5.38. The minimum absolute atomic E-state index is 0.0149. The van der Waals surface area contributed by atoms with Gasteiger partial charge in [0.15, 0.2) is 5.11 Å². The Hall–Kier alpha value is -1.82. The van der Waals surface area contributed by atoms with Crippen molar-refractivity contribution in [3.63, 3.8) is 0 Å². The van der Waals surface area contributed by atoms with Crippen LogP contribution >= 0.6 is 12.2 Å². The van der Waals surface area contributed by atoms with Crippen LogP contribution in [0.2, 0.25) is 0 Å². The maximum atomic E-state index is 9.62. The number of hydrogen-bond donors (Lipinski definition) is 4. The number of nitrogens with zero attached hydrogens (tertiary/aromatic N) is 1. The van der Waals surface area contributed by atoms with E-state index < -0.39 is 0 Å². The molecule has 0 aliphatic heterocycles. The molecular formula is C15H21N3O2S. The van der Waals surface area contributed by atoms with Crippen LogP contribution in [-0.4, -0.2) is 27.6 Å². The fraction of sp³-hybridized carbons (Fsp3) is 0.467. The Balaban J connectivity index is 1.84. The number of aromatic hydroxyl groups is 2. The number of hydrogen-bond acceptors (Lipinski definition) is 4. The van der Waals surface area contributed by atoms with Crippen molar-refractivity contribution >= 4 is 23.5 Å². The third kappa shape index (κ3) is 4.60. The van der Waals surface area contributed by atoms with E-state index in [0.29, 0.717) is 22.6 Å².